The van der Waals surface area contributed by atoms with Crippen molar-refractivity contribution >= 4 is 17.9 Å². The van der Waals surface area contributed by atoms with E-state index in [0.717, 1.165) is 141 Å². The zero-order valence-electron chi connectivity index (χ0n) is 45.2. The molecular formula is C64H104O6. The van der Waals surface area contributed by atoms with E-state index in [9.17, 15) is 14.4 Å². The summed E-state index contributed by atoms with van der Waals surface area (Å²) in [7, 11) is 0. The van der Waals surface area contributed by atoms with Crippen LogP contribution in [0.4, 0.5) is 0 Å². The summed E-state index contributed by atoms with van der Waals surface area (Å²) in [5, 5.41) is 0. The lowest BCUT2D eigenvalue weighted by Gasteiger charge is -2.18. The van der Waals surface area contributed by atoms with Crippen LogP contribution < -0.4 is 0 Å². The van der Waals surface area contributed by atoms with Gasteiger partial charge in [-0.05, 0) is 109 Å². The van der Waals surface area contributed by atoms with Crippen LogP contribution in [-0.4, -0.2) is 37.2 Å². The maximum Gasteiger partial charge on any atom is 0.306 e. The first kappa shape index (κ1) is 65.8. The summed E-state index contributed by atoms with van der Waals surface area (Å²) in [6.45, 7) is 6.43. The molecule has 396 valence electrons. The minimum absolute atomic E-state index is 0.111. The Morgan fingerprint density at radius 1 is 0.314 bits per heavy atom. The van der Waals surface area contributed by atoms with Crippen LogP contribution in [0.5, 0.6) is 0 Å². The third-order valence-electron chi connectivity index (χ3n) is 11.8. The van der Waals surface area contributed by atoms with Crippen molar-refractivity contribution in [2.75, 3.05) is 13.2 Å². The van der Waals surface area contributed by atoms with Gasteiger partial charge in [0.15, 0.2) is 6.10 Å². The predicted octanol–water partition coefficient (Wildman–Crippen LogP) is 19.3. The molecule has 0 heterocycles. The molecule has 0 radical (unpaired) electrons. The van der Waals surface area contributed by atoms with E-state index in [4.69, 9.17) is 14.2 Å². The van der Waals surface area contributed by atoms with Crippen LogP contribution in [0.2, 0.25) is 0 Å². The average Bonchev–Trinajstić information content (AvgIpc) is 3.36. The smallest absolute Gasteiger partial charge is 0.306 e. The molecule has 0 spiro atoms. The van der Waals surface area contributed by atoms with Crippen LogP contribution in [-0.2, 0) is 28.6 Å². The summed E-state index contributed by atoms with van der Waals surface area (Å²) in [6.07, 6.45) is 78.9. The quantitative estimate of drug-likeness (QED) is 0.0199. The van der Waals surface area contributed by atoms with Crippen LogP contribution in [0, 0.1) is 0 Å². The fourth-order valence-electron chi connectivity index (χ4n) is 7.49. The van der Waals surface area contributed by atoms with E-state index in [1.165, 1.54) is 64.2 Å². The van der Waals surface area contributed by atoms with Crippen LogP contribution in [0.1, 0.15) is 245 Å². The van der Waals surface area contributed by atoms with Crippen molar-refractivity contribution in [2.24, 2.45) is 0 Å². The second-order valence-corrected chi connectivity index (χ2v) is 18.6. The lowest BCUT2D eigenvalue weighted by atomic mass is 10.1. The Bertz CT molecular complexity index is 1490. The summed E-state index contributed by atoms with van der Waals surface area (Å²) in [5.74, 6) is -0.982. The van der Waals surface area contributed by atoms with Gasteiger partial charge in [-0.1, -0.05) is 239 Å². The molecule has 0 bridgehead atoms. The monoisotopic (exact) mass is 969 g/mol. The van der Waals surface area contributed by atoms with Gasteiger partial charge in [0, 0.05) is 19.3 Å². The van der Waals surface area contributed by atoms with E-state index in [1.807, 2.05) is 0 Å². The largest absolute Gasteiger partial charge is 0.462 e. The molecule has 0 aromatic carbocycles. The van der Waals surface area contributed by atoms with E-state index in [0.29, 0.717) is 12.8 Å². The highest BCUT2D eigenvalue weighted by molar-refractivity contribution is 5.71. The van der Waals surface area contributed by atoms with Gasteiger partial charge in [0.2, 0.25) is 0 Å². The van der Waals surface area contributed by atoms with E-state index in [2.05, 4.69) is 142 Å². The number of esters is 3. The van der Waals surface area contributed by atoms with Gasteiger partial charge in [-0.2, -0.15) is 0 Å². The Balaban J connectivity index is 4.55. The van der Waals surface area contributed by atoms with Gasteiger partial charge < -0.3 is 14.2 Å². The van der Waals surface area contributed by atoms with Crippen molar-refractivity contribution in [3.63, 3.8) is 0 Å². The predicted molar refractivity (Wildman–Crippen MR) is 302 cm³/mol. The molecule has 0 aliphatic rings. The van der Waals surface area contributed by atoms with Crippen LogP contribution >= 0.6 is 0 Å². The molecule has 0 fully saturated rings. The van der Waals surface area contributed by atoms with E-state index < -0.39 is 6.10 Å². The maximum atomic E-state index is 12.9. The fourth-order valence-corrected chi connectivity index (χ4v) is 7.49. The second kappa shape index (κ2) is 57.4. The van der Waals surface area contributed by atoms with Gasteiger partial charge in [0.05, 0.1) is 0 Å². The highest BCUT2D eigenvalue weighted by Gasteiger charge is 2.19. The SMILES string of the molecule is CC/C=C\C/C=C\C/C=C\C/C=C\CCCCCC(=O)OCC(COC(=O)CCCCCCC\C=C/C=C\C=C/CCCCCCC)OC(=O)CCCCCCC\C=C/C=C\C=C/CCCCCCC. The summed E-state index contributed by atoms with van der Waals surface area (Å²) in [4.78, 5) is 38.2. The van der Waals surface area contributed by atoms with Crippen molar-refractivity contribution in [1.82, 2.24) is 0 Å². The molecular weight excluding hydrogens is 865 g/mol. The molecule has 0 aromatic heterocycles. The van der Waals surface area contributed by atoms with E-state index in [-0.39, 0.29) is 37.5 Å². The van der Waals surface area contributed by atoms with Crippen molar-refractivity contribution in [1.29, 1.82) is 0 Å². The van der Waals surface area contributed by atoms with Crippen LogP contribution in [0.25, 0.3) is 0 Å². The maximum absolute atomic E-state index is 12.9. The Labute approximate surface area is 431 Å². The lowest BCUT2D eigenvalue weighted by Crippen LogP contribution is -2.30. The first-order chi connectivity index (χ1) is 34.5. The van der Waals surface area contributed by atoms with E-state index >= 15 is 0 Å². The van der Waals surface area contributed by atoms with Crippen molar-refractivity contribution in [2.45, 2.75) is 252 Å². The minimum Gasteiger partial charge on any atom is -0.462 e. The molecule has 0 aliphatic heterocycles. The van der Waals surface area contributed by atoms with E-state index in [1.54, 1.807) is 0 Å². The normalized spacial score (nSPS) is 13.0. The molecule has 6 nitrogen and oxygen atoms in total. The Kier molecular flexibility index (Phi) is 54.0. The van der Waals surface area contributed by atoms with Gasteiger partial charge in [-0.25, -0.2) is 0 Å². The molecule has 6 heteroatoms. The van der Waals surface area contributed by atoms with Crippen LogP contribution in [0.15, 0.2) is 122 Å². The zero-order chi connectivity index (χ0) is 50.7. The first-order valence-electron chi connectivity index (χ1n) is 28.6. The summed E-state index contributed by atoms with van der Waals surface area (Å²) >= 11 is 0. The number of ether oxygens (including phenoxy) is 3. The van der Waals surface area contributed by atoms with Gasteiger partial charge in [-0.15, -0.1) is 0 Å². The van der Waals surface area contributed by atoms with Gasteiger partial charge in [0.1, 0.15) is 13.2 Å². The fraction of sp³-hybridized carbons (Fsp3) is 0.641. The molecule has 0 N–H and O–H groups in total. The van der Waals surface area contributed by atoms with Crippen molar-refractivity contribution < 1.29 is 28.6 Å². The second-order valence-electron chi connectivity index (χ2n) is 18.6. The molecule has 0 rings (SSSR count). The molecule has 0 aromatic rings. The zero-order valence-corrected chi connectivity index (χ0v) is 45.2. The topological polar surface area (TPSA) is 78.9 Å². The Morgan fingerprint density at radius 2 is 0.614 bits per heavy atom. The number of unbranched alkanes of at least 4 members (excludes halogenated alkanes) is 23. The highest BCUT2D eigenvalue weighted by atomic mass is 16.6. The summed E-state index contributed by atoms with van der Waals surface area (Å²) < 4.78 is 16.8. The molecule has 70 heavy (non-hydrogen) atoms. The third kappa shape index (κ3) is 54.7. The number of carbonyl (C=O) groups excluding carboxylic acids is 3. The lowest BCUT2D eigenvalue weighted by molar-refractivity contribution is -0.167. The molecule has 1 atom stereocenters. The number of allylic oxidation sites excluding steroid dienone is 20. The van der Waals surface area contributed by atoms with Gasteiger partial charge in [-0.3, -0.25) is 14.4 Å². The number of carbonyl (C=O) groups is 3. The van der Waals surface area contributed by atoms with Crippen molar-refractivity contribution in [3.8, 4) is 0 Å². The number of rotatable bonds is 50. The highest BCUT2D eigenvalue weighted by Crippen LogP contribution is 2.13. The molecule has 0 aliphatic carbocycles. The van der Waals surface area contributed by atoms with Crippen molar-refractivity contribution in [3.05, 3.63) is 122 Å². The first-order valence-corrected chi connectivity index (χ1v) is 28.6. The third-order valence-corrected chi connectivity index (χ3v) is 11.8. The van der Waals surface area contributed by atoms with Gasteiger partial charge >= 0.3 is 17.9 Å². The average molecular weight is 970 g/mol. The number of hydrogen-bond acceptors (Lipinski definition) is 6. The molecule has 1 unspecified atom stereocenters. The Morgan fingerprint density at radius 3 is 1.00 bits per heavy atom. The van der Waals surface area contributed by atoms with Gasteiger partial charge in [0.25, 0.3) is 0 Å². The Hall–Kier alpha value is -4.19. The summed E-state index contributed by atoms with van der Waals surface area (Å²) in [6, 6.07) is 0. The number of hydrogen-bond donors (Lipinski definition) is 0. The summed E-state index contributed by atoms with van der Waals surface area (Å²) in [5.41, 5.74) is 0. The minimum atomic E-state index is -0.815. The molecule has 0 saturated carbocycles. The molecule has 0 amide bonds. The van der Waals surface area contributed by atoms with Crippen LogP contribution in [0.3, 0.4) is 0 Å². The standard InChI is InChI=1S/C64H104O6/c1-4-7-10-13-16-19-22-25-28-31-33-36-39-42-45-48-51-54-57-63(66)69-60-61(59-68-62(65)56-53-50-47-44-41-38-35-30-27-24-21-18-15-12-9-6-3)70-64(67)58-55-52-49-46-43-40-37-34-32-29-26-23-20-17-14-11-8-5-2/h9,12,18,21-23,25-34,36-38,41,61H,4-8,10-11,13-17,19-20,24,35,39-40,42-60H2,1-3H3/b12-9-,21-18-,25-22-,26-23-,30-27-,31-28-,32-29-,36-33-,37-34-,41-38-. The molecule has 0 saturated heterocycles.